The molecule has 1 saturated heterocycles. The van der Waals surface area contributed by atoms with Crippen LogP contribution in [0.5, 0.6) is 5.75 Å². The molecule has 0 saturated carbocycles. The molecule has 1 N–H and O–H groups in total. The number of amides is 1. The number of benzene rings is 1. The highest BCUT2D eigenvalue weighted by Crippen LogP contribution is 2.41. The second-order valence-corrected chi connectivity index (χ2v) is 9.95. The maximum absolute atomic E-state index is 11.6. The molecule has 2 aromatic heterocycles. The largest absolute Gasteiger partial charge is 0.484 e. The third-order valence-electron chi connectivity index (χ3n) is 6.06. The highest BCUT2D eigenvalue weighted by atomic mass is 32.1. The molecule has 0 bridgehead atoms. The van der Waals surface area contributed by atoms with Crippen molar-refractivity contribution < 1.29 is 14.3 Å². The monoisotopic (exact) mass is 477 g/mol. The first kappa shape index (κ1) is 22.5. The van der Waals surface area contributed by atoms with Crippen molar-refractivity contribution in [2.75, 3.05) is 31.5 Å². The summed E-state index contributed by atoms with van der Waals surface area (Å²) in [4.78, 5) is 38.9. The maximum atomic E-state index is 11.6. The van der Waals surface area contributed by atoms with Gasteiger partial charge >= 0.3 is 0 Å². The number of hydrogen-bond acceptors (Lipinski definition) is 8. The van der Waals surface area contributed by atoms with Gasteiger partial charge in [0, 0.05) is 62.2 Å². The fourth-order valence-electron chi connectivity index (χ4n) is 4.36. The zero-order chi connectivity index (χ0) is 23.7. The molecule has 9 heteroatoms. The predicted octanol–water partition coefficient (Wildman–Crippen LogP) is 3.64. The molecule has 4 heterocycles. The predicted molar refractivity (Wildman–Crippen MR) is 131 cm³/mol. The van der Waals surface area contributed by atoms with E-state index in [2.05, 4.69) is 21.3 Å². The summed E-state index contributed by atoms with van der Waals surface area (Å²) in [5.74, 6) is 1.45. The van der Waals surface area contributed by atoms with E-state index in [-0.39, 0.29) is 11.7 Å². The summed E-state index contributed by atoms with van der Waals surface area (Å²) in [7, 11) is 0. The summed E-state index contributed by atoms with van der Waals surface area (Å²) in [5, 5.41) is 3.26. The second kappa shape index (κ2) is 9.52. The van der Waals surface area contributed by atoms with Gasteiger partial charge in [0.1, 0.15) is 18.1 Å². The first-order valence-corrected chi connectivity index (χ1v) is 12.2. The molecule has 0 radical (unpaired) electrons. The summed E-state index contributed by atoms with van der Waals surface area (Å²) in [5.41, 5.74) is 3.68. The van der Waals surface area contributed by atoms with Gasteiger partial charge < -0.3 is 15.0 Å². The standard InChI is InChI=1S/C25H27N5O3S/c1-16(31)10-18-4-3-5-19(11-18)27-25-26-13-22-24(28-25)21-12-20(34-23(21)15-33-22)14-29-6-8-30(9-7-29)17(2)32/h3-5,11-13H,6-10,14-15H2,1-2H3,(H,26,27,28). The van der Waals surface area contributed by atoms with Crippen molar-refractivity contribution in [3.63, 3.8) is 0 Å². The lowest BCUT2D eigenvalue weighted by Gasteiger charge is -2.33. The Labute approximate surface area is 202 Å². The quantitative estimate of drug-likeness (QED) is 0.580. The lowest BCUT2D eigenvalue weighted by Crippen LogP contribution is -2.47. The van der Waals surface area contributed by atoms with Gasteiger partial charge in [0.05, 0.1) is 11.1 Å². The topological polar surface area (TPSA) is 87.7 Å². The molecular weight excluding hydrogens is 450 g/mol. The van der Waals surface area contributed by atoms with Crippen LogP contribution in [-0.4, -0.2) is 57.6 Å². The van der Waals surface area contributed by atoms with E-state index in [1.54, 1.807) is 31.4 Å². The third-order valence-corrected chi connectivity index (χ3v) is 7.16. The van der Waals surface area contributed by atoms with E-state index >= 15 is 0 Å². The van der Waals surface area contributed by atoms with Crippen molar-refractivity contribution in [3.8, 4) is 17.0 Å². The molecule has 0 aliphatic carbocycles. The molecule has 2 aliphatic rings. The Balaban J connectivity index is 1.32. The summed E-state index contributed by atoms with van der Waals surface area (Å²) in [6.07, 6.45) is 2.12. The number of anilines is 2. The normalized spacial score (nSPS) is 15.3. The van der Waals surface area contributed by atoms with Crippen molar-refractivity contribution in [3.05, 3.63) is 51.8 Å². The number of carbonyl (C=O) groups excluding carboxylic acids is 2. The van der Waals surface area contributed by atoms with E-state index < -0.39 is 0 Å². The zero-order valence-electron chi connectivity index (χ0n) is 19.3. The van der Waals surface area contributed by atoms with Gasteiger partial charge in [0.2, 0.25) is 11.9 Å². The van der Waals surface area contributed by atoms with Crippen LogP contribution in [0, 0.1) is 0 Å². The Morgan fingerprint density at radius 2 is 1.97 bits per heavy atom. The van der Waals surface area contributed by atoms with Crippen LogP contribution in [0.15, 0.2) is 36.5 Å². The van der Waals surface area contributed by atoms with Crippen LogP contribution >= 0.6 is 11.3 Å². The van der Waals surface area contributed by atoms with Crippen LogP contribution in [0.3, 0.4) is 0 Å². The Hall–Kier alpha value is -3.30. The average molecular weight is 478 g/mol. The van der Waals surface area contributed by atoms with Gasteiger partial charge in [0.25, 0.3) is 0 Å². The van der Waals surface area contributed by atoms with Crippen molar-refractivity contribution >= 4 is 34.7 Å². The summed E-state index contributed by atoms with van der Waals surface area (Å²) in [6, 6.07) is 9.95. The summed E-state index contributed by atoms with van der Waals surface area (Å²) < 4.78 is 5.92. The minimum Gasteiger partial charge on any atom is -0.484 e. The van der Waals surface area contributed by atoms with E-state index in [0.29, 0.717) is 24.7 Å². The van der Waals surface area contributed by atoms with Gasteiger partial charge in [-0.15, -0.1) is 11.3 Å². The van der Waals surface area contributed by atoms with Crippen molar-refractivity contribution in [2.24, 2.45) is 0 Å². The number of hydrogen-bond donors (Lipinski definition) is 1. The Morgan fingerprint density at radius 3 is 2.74 bits per heavy atom. The molecule has 5 rings (SSSR count). The second-order valence-electron chi connectivity index (χ2n) is 8.73. The number of ketones is 1. The summed E-state index contributed by atoms with van der Waals surface area (Å²) >= 11 is 1.76. The smallest absolute Gasteiger partial charge is 0.227 e. The number of Topliss-reactive ketones (excluding diaryl/α,β-unsaturated/α-hetero) is 1. The van der Waals surface area contributed by atoms with Gasteiger partial charge in [-0.25, -0.2) is 9.97 Å². The molecule has 1 amide bonds. The minimum atomic E-state index is 0.126. The fraction of sp³-hybridized carbons (Fsp3) is 0.360. The molecule has 34 heavy (non-hydrogen) atoms. The highest BCUT2D eigenvalue weighted by molar-refractivity contribution is 7.12. The van der Waals surface area contributed by atoms with Gasteiger partial charge in [0.15, 0.2) is 5.75 Å². The van der Waals surface area contributed by atoms with Crippen LogP contribution in [0.1, 0.15) is 29.2 Å². The fourth-order valence-corrected chi connectivity index (χ4v) is 5.48. The first-order chi connectivity index (χ1) is 16.4. The number of thiophene rings is 1. The molecule has 3 aromatic rings. The van der Waals surface area contributed by atoms with Crippen LogP contribution in [-0.2, 0) is 29.2 Å². The van der Waals surface area contributed by atoms with E-state index in [4.69, 9.17) is 9.72 Å². The SMILES string of the molecule is CC(=O)Cc1cccc(Nc2ncc3c(n2)-c2cc(CN4CCN(C(C)=O)CC4)sc2CO3)c1. The zero-order valence-corrected chi connectivity index (χ0v) is 20.2. The molecular formula is C25H27N5O3S. The Bertz CT molecular complexity index is 1230. The van der Waals surface area contributed by atoms with E-state index in [1.165, 1.54) is 4.88 Å². The Morgan fingerprint density at radius 1 is 1.15 bits per heavy atom. The number of carbonyl (C=O) groups is 2. The number of nitrogens with zero attached hydrogens (tertiary/aromatic N) is 4. The van der Waals surface area contributed by atoms with Crippen molar-refractivity contribution in [1.82, 2.24) is 19.8 Å². The molecule has 1 aromatic carbocycles. The highest BCUT2D eigenvalue weighted by Gasteiger charge is 2.25. The van der Waals surface area contributed by atoms with Crippen LogP contribution in [0.4, 0.5) is 11.6 Å². The van der Waals surface area contributed by atoms with E-state index in [9.17, 15) is 9.59 Å². The average Bonchev–Trinajstić information content (AvgIpc) is 3.22. The van der Waals surface area contributed by atoms with Gasteiger partial charge in [-0.1, -0.05) is 12.1 Å². The summed E-state index contributed by atoms with van der Waals surface area (Å²) in [6.45, 7) is 7.93. The number of fused-ring (bicyclic) bond motifs is 3. The van der Waals surface area contributed by atoms with Crippen LogP contribution in [0.2, 0.25) is 0 Å². The first-order valence-electron chi connectivity index (χ1n) is 11.4. The molecule has 1 fully saturated rings. The van der Waals surface area contributed by atoms with Gasteiger partial charge in [-0.2, -0.15) is 0 Å². The number of piperazine rings is 1. The number of nitrogens with one attached hydrogen (secondary N) is 1. The van der Waals surface area contributed by atoms with Crippen LogP contribution < -0.4 is 10.1 Å². The molecule has 0 unspecified atom stereocenters. The number of rotatable bonds is 6. The van der Waals surface area contributed by atoms with Crippen molar-refractivity contribution in [2.45, 2.75) is 33.4 Å². The van der Waals surface area contributed by atoms with E-state index in [0.717, 1.165) is 60.1 Å². The third kappa shape index (κ3) is 4.95. The maximum Gasteiger partial charge on any atom is 0.227 e. The van der Waals surface area contributed by atoms with Gasteiger partial charge in [-0.3, -0.25) is 14.5 Å². The van der Waals surface area contributed by atoms with Crippen LogP contribution in [0.25, 0.3) is 11.3 Å². The van der Waals surface area contributed by atoms with Crippen molar-refractivity contribution in [1.29, 1.82) is 0 Å². The number of aromatic nitrogens is 2. The molecule has 8 nitrogen and oxygen atoms in total. The Kier molecular flexibility index (Phi) is 6.30. The lowest BCUT2D eigenvalue weighted by atomic mass is 10.1. The molecule has 0 spiro atoms. The van der Waals surface area contributed by atoms with E-state index in [1.807, 2.05) is 29.2 Å². The number of ether oxygens (including phenoxy) is 1. The van der Waals surface area contributed by atoms with Gasteiger partial charge in [-0.05, 0) is 30.7 Å². The molecule has 0 atom stereocenters. The lowest BCUT2D eigenvalue weighted by molar-refractivity contribution is -0.130. The minimum absolute atomic E-state index is 0.126. The molecule has 2 aliphatic heterocycles. The molecule has 176 valence electrons.